The molecule has 0 saturated carbocycles. The van der Waals surface area contributed by atoms with Gasteiger partial charge in [-0.15, -0.1) is 0 Å². The van der Waals surface area contributed by atoms with Crippen molar-refractivity contribution in [1.29, 1.82) is 0 Å². The van der Waals surface area contributed by atoms with Crippen LogP contribution in [0.15, 0.2) is 158 Å². The summed E-state index contributed by atoms with van der Waals surface area (Å²) in [4.78, 5) is 38.0. The number of esters is 3. The van der Waals surface area contributed by atoms with Crippen LogP contribution in [0.5, 0.6) is 0 Å². The number of carbonyl (C=O) groups is 3. The smallest absolute Gasteiger partial charge is 0.306 e. The van der Waals surface area contributed by atoms with Gasteiger partial charge in [0.15, 0.2) is 6.10 Å². The number of rotatable bonds is 46. The maximum absolute atomic E-state index is 12.8. The molecule has 0 aromatic heterocycles. The van der Waals surface area contributed by atoms with Crippen LogP contribution >= 0.6 is 0 Å². The van der Waals surface area contributed by atoms with E-state index in [4.69, 9.17) is 14.2 Å². The Kier molecular flexibility index (Phi) is 51.6. The molecule has 6 heteroatoms. The van der Waals surface area contributed by atoms with Crippen molar-refractivity contribution in [3.8, 4) is 0 Å². The molecule has 6 nitrogen and oxygen atoms in total. The lowest BCUT2D eigenvalue weighted by atomic mass is 10.2. The van der Waals surface area contributed by atoms with Gasteiger partial charge in [0.2, 0.25) is 0 Å². The summed E-state index contributed by atoms with van der Waals surface area (Å²) in [5.74, 6) is -1.15. The van der Waals surface area contributed by atoms with Crippen molar-refractivity contribution in [3.05, 3.63) is 158 Å². The third-order valence-corrected chi connectivity index (χ3v) is 10.5. The van der Waals surface area contributed by atoms with Gasteiger partial charge < -0.3 is 14.2 Å². The molecule has 0 unspecified atom stereocenters. The largest absolute Gasteiger partial charge is 0.462 e. The van der Waals surface area contributed by atoms with Crippen LogP contribution in [0.4, 0.5) is 0 Å². The normalized spacial score (nSPS) is 13.4. The van der Waals surface area contributed by atoms with E-state index in [-0.39, 0.29) is 44.4 Å². The van der Waals surface area contributed by atoms with E-state index in [1.165, 1.54) is 51.4 Å². The zero-order valence-electron chi connectivity index (χ0n) is 43.8. The second kappa shape index (κ2) is 55.6. The predicted octanol–water partition coefficient (Wildman–Crippen LogP) is 18.2. The minimum Gasteiger partial charge on any atom is -0.462 e. The van der Waals surface area contributed by atoms with Crippen LogP contribution in [0.3, 0.4) is 0 Å². The van der Waals surface area contributed by atoms with E-state index in [1.54, 1.807) is 0 Å². The second-order valence-corrected chi connectivity index (χ2v) is 17.0. The van der Waals surface area contributed by atoms with Gasteiger partial charge in [-0.25, -0.2) is 0 Å². The molecule has 0 radical (unpaired) electrons. The fourth-order valence-electron chi connectivity index (χ4n) is 6.46. The number of carbonyl (C=O) groups excluding carboxylic acids is 3. The van der Waals surface area contributed by atoms with Crippen molar-refractivity contribution in [1.82, 2.24) is 0 Å². The number of unbranched alkanes of at least 4 members (excludes halogenated alkanes) is 9. The number of allylic oxidation sites excluding steroid dienone is 26. The molecule has 0 spiro atoms. The first-order valence-corrected chi connectivity index (χ1v) is 27.0. The summed E-state index contributed by atoms with van der Waals surface area (Å²) in [5, 5.41) is 0. The van der Waals surface area contributed by atoms with Crippen molar-refractivity contribution in [2.45, 2.75) is 207 Å². The summed E-state index contributed by atoms with van der Waals surface area (Å²) >= 11 is 0. The Labute approximate surface area is 422 Å². The van der Waals surface area contributed by atoms with Crippen LogP contribution in [0.1, 0.15) is 201 Å². The number of ether oxygens (including phenoxy) is 3. The van der Waals surface area contributed by atoms with Crippen LogP contribution < -0.4 is 0 Å². The zero-order chi connectivity index (χ0) is 50.0. The second-order valence-electron chi connectivity index (χ2n) is 17.0. The van der Waals surface area contributed by atoms with Gasteiger partial charge in [0, 0.05) is 19.3 Å². The van der Waals surface area contributed by atoms with Crippen molar-refractivity contribution >= 4 is 17.9 Å². The molecule has 0 fully saturated rings. The van der Waals surface area contributed by atoms with Crippen molar-refractivity contribution in [2.75, 3.05) is 13.2 Å². The molecule has 384 valence electrons. The van der Waals surface area contributed by atoms with E-state index in [0.717, 1.165) is 89.9 Å². The van der Waals surface area contributed by atoms with Crippen LogP contribution in [0.25, 0.3) is 0 Å². The Hall–Kier alpha value is -4.97. The molecule has 1 atom stereocenters. The first-order valence-electron chi connectivity index (χ1n) is 27.0. The van der Waals surface area contributed by atoms with Gasteiger partial charge in [-0.1, -0.05) is 204 Å². The van der Waals surface area contributed by atoms with Gasteiger partial charge in [-0.2, -0.15) is 0 Å². The zero-order valence-corrected chi connectivity index (χ0v) is 43.8. The average Bonchev–Trinajstić information content (AvgIpc) is 3.35. The Bertz CT molecular complexity index is 1610. The van der Waals surface area contributed by atoms with Crippen molar-refractivity contribution in [2.24, 2.45) is 0 Å². The highest BCUT2D eigenvalue weighted by Crippen LogP contribution is 2.09. The minimum absolute atomic E-state index is 0.154. The summed E-state index contributed by atoms with van der Waals surface area (Å²) in [7, 11) is 0. The summed E-state index contributed by atoms with van der Waals surface area (Å²) in [6.45, 7) is 6.29. The number of hydrogen-bond acceptors (Lipinski definition) is 6. The summed E-state index contributed by atoms with van der Waals surface area (Å²) in [6, 6.07) is 0. The quantitative estimate of drug-likeness (QED) is 0.0262. The SMILES string of the molecule is CC/C=C\C/C=C\C/C=C\C/C=C\CCCCC(=O)OC[C@H](COC(=O)CCC/C=C\C/C=C\C/C=C\C/C=C\CCCCC)OC(=O)CC/C=C\C/C=C\C/C=C\C/C=C\C/C=C\CCCCC. The van der Waals surface area contributed by atoms with Gasteiger partial charge in [-0.05, 0) is 135 Å². The highest BCUT2D eigenvalue weighted by atomic mass is 16.6. The Balaban J connectivity index is 4.69. The standard InChI is InChI=1S/C63H96O6/c1-4-7-10-13-16-19-22-25-28-30-31-33-36-39-42-45-48-51-54-57-63(66)69-60(58-67-61(64)55-52-49-46-43-40-37-34-27-24-21-18-15-12-9-6-3)59-68-62(65)56-53-50-47-44-41-38-35-32-29-26-23-20-17-14-11-8-5-2/h9,12,16-21,25-29,31,33-35,38-40,42-44,47-48,51,60H,4-8,10-11,13-15,22-24,30,32,36-37,41,45-46,49-50,52-59H2,1-3H3/b12-9-,19-16-,20-17-,21-18-,28-25-,29-26-,33-31-,34-27-,38-35-,42-39-,43-40-,47-44-,51-48-/t60-/m1/s1. The molecular formula is C63H96O6. The van der Waals surface area contributed by atoms with Gasteiger partial charge >= 0.3 is 17.9 Å². The fraction of sp³-hybridized carbons (Fsp3) is 0.540. The van der Waals surface area contributed by atoms with Gasteiger partial charge in [-0.3, -0.25) is 14.4 Å². The molecule has 69 heavy (non-hydrogen) atoms. The molecule has 0 bridgehead atoms. The maximum atomic E-state index is 12.8. The topological polar surface area (TPSA) is 78.9 Å². The average molecular weight is 949 g/mol. The van der Waals surface area contributed by atoms with E-state index < -0.39 is 12.1 Å². The Morgan fingerprint density at radius 2 is 0.594 bits per heavy atom. The minimum atomic E-state index is -0.865. The molecule has 0 aliphatic carbocycles. The third kappa shape index (κ3) is 53.8. The summed E-state index contributed by atoms with van der Waals surface area (Å²) in [6.07, 6.45) is 81.0. The summed E-state index contributed by atoms with van der Waals surface area (Å²) in [5.41, 5.74) is 0. The molecule has 0 aromatic rings. The van der Waals surface area contributed by atoms with E-state index in [2.05, 4.69) is 167 Å². The predicted molar refractivity (Wildman–Crippen MR) is 297 cm³/mol. The number of hydrogen-bond donors (Lipinski definition) is 0. The first kappa shape index (κ1) is 64.0. The fourth-order valence-corrected chi connectivity index (χ4v) is 6.46. The van der Waals surface area contributed by atoms with E-state index in [0.29, 0.717) is 19.3 Å². The lowest BCUT2D eigenvalue weighted by Crippen LogP contribution is -2.30. The lowest BCUT2D eigenvalue weighted by molar-refractivity contribution is -0.166. The lowest BCUT2D eigenvalue weighted by Gasteiger charge is -2.18. The molecule has 0 aliphatic rings. The molecule has 0 N–H and O–H groups in total. The monoisotopic (exact) mass is 949 g/mol. The van der Waals surface area contributed by atoms with E-state index in [9.17, 15) is 14.4 Å². The van der Waals surface area contributed by atoms with Crippen LogP contribution in [-0.2, 0) is 28.6 Å². The molecule has 0 amide bonds. The maximum Gasteiger partial charge on any atom is 0.306 e. The van der Waals surface area contributed by atoms with Crippen LogP contribution in [0.2, 0.25) is 0 Å². The van der Waals surface area contributed by atoms with Crippen LogP contribution in [0, 0.1) is 0 Å². The van der Waals surface area contributed by atoms with Crippen molar-refractivity contribution < 1.29 is 28.6 Å². The molecule has 0 saturated heterocycles. The molecule has 0 aliphatic heterocycles. The highest BCUT2D eigenvalue weighted by Gasteiger charge is 2.19. The van der Waals surface area contributed by atoms with Gasteiger partial charge in [0.1, 0.15) is 13.2 Å². The Morgan fingerprint density at radius 1 is 0.304 bits per heavy atom. The summed E-state index contributed by atoms with van der Waals surface area (Å²) < 4.78 is 16.7. The molecular weight excluding hydrogens is 853 g/mol. The van der Waals surface area contributed by atoms with E-state index >= 15 is 0 Å². The van der Waals surface area contributed by atoms with Gasteiger partial charge in [0.25, 0.3) is 0 Å². The molecule has 0 heterocycles. The molecule has 0 rings (SSSR count). The van der Waals surface area contributed by atoms with Crippen molar-refractivity contribution in [3.63, 3.8) is 0 Å². The van der Waals surface area contributed by atoms with Gasteiger partial charge in [0.05, 0.1) is 0 Å². The molecule has 0 aromatic carbocycles. The Morgan fingerprint density at radius 3 is 0.942 bits per heavy atom. The third-order valence-electron chi connectivity index (χ3n) is 10.5. The van der Waals surface area contributed by atoms with E-state index in [1.807, 2.05) is 12.2 Å². The highest BCUT2D eigenvalue weighted by molar-refractivity contribution is 5.71. The van der Waals surface area contributed by atoms with Crippen LogP contribution in [-0.4, -0.2) is 37.2 Å². The first-order chi connectivity index (χ1) is 34.0.